The van der Waals surface area contributed by atoms with E-state index < -0.39 is 10.0 Å². The summed E-state index contributed by atoms with van der Waals surface area (Å²) in [6, 6.07) is 1.46. The third kappa shape index (κ3) is 3.34. The maximum atomic E-state index is 12.8. The number of aromatic nitrogens is 3. The van der Waals surface area contributed by atoms with Gasteiger partial charge >= 0.3 is 0 Å². The van der Waals surface area contributed by atoms with E-state index in [2.05, 4.69) is 9.97 Å². The van der Waals surface area contributed by atoms with E-state index in [1.165, 1.54) is 26.4 Å². The second-order valence-corrected chi connectivity index (χ2v) is 8.68. The second-order valence-electron chi connectivity index (χ2n) is 6.53. The molecule has 0 spiro atoms. The fraction of sp³-hybridized carbons (Fsp3) is 0.500. The molecule has 0 saturated carbocycles. The van der Waals surface area contributed by atoms with Crippen LogP contribution in [-0.2, 0) is 17.1 Å². The number of sulfonamides is 1. The molecular weight excluding hydrogens is 342 g/mol. The molecule has 0 unspecified atom stereocenters. The molecule has 3 heterocycles. The molecule has 0 atom stereocenters. The predicted octanol–water partition coefficient (Wildman–Crippen LogP) is 1.02. The van der Waals surface area contributed by atoms with Crippen LogP contribution in [0.2, 0.25) is 0 Å². The Hall–Kier alpha value is -2.13. The maximum Gasteiger partial charge on any atom is 0.270 e. The molecule has 9 heteroatoms. The molecule has 0 bridgehead atoms. The minimum Gasteiger partial charge on any atom is -0.348 e. The quantitative estimate of drug-likeness (QED) is 0.876. The third-order valence-electron chi connectivity index (χ3n) is 4.72. The van der Waals surface area contributed by atoms with Crippen molar-refractivity contribution < 1.29 is 13.2 Å². The van der Waals surface area contributed by atoms with Crippen molar-refractivity contribution in [1.82, 2.24) is 23.7 Å². The van der Waals surface area contributed by atoms with Gasteiger partial charge < -0.3 is 14.5 Å². The van der Waals surface area contributed by atoms with Crippen LogP contribution in [0.1, 0.15) is 34.9 Å². The van der Waals surface area contributed by atoms with Crippen molar-refractivity contribution in [2.45, 2.75) is 23.7 Å². The van der Waals surface area contributed by atoms with E-state index in [-0.39, 0.29) is 10.8 Å². The number of nitrogens with one attached hydrogen (secondary N) is 1. The number of aromatic amines is 1. The first-order valence-electron chi connectivity index (χ1n) is 8.17. The number of nitrogens with zero attached hydrogens (tertiary/aromatic N) is 4. The van der Waals surface area contributed by atoms with E-state index in [1.807, 2.05) is 6.20 Å². The van der Waals surface area contributed by atoms with Gasteiger partial charge in [0.2, 0.25) is 10.0 Å². The number of carbonyl (C=O) groups is 1. The number of amides is 1. The molecule has 0 radical (unpaired) electrons. The van der Waals surface area contributed by atoms with Crippen molar-refractivity contribution in [1.29, 1.82) is 0 Å². The van der Waals surface area contributed by atoms with Crippen LogP contribution in [0.25, 0.3) is 0 Å². The highest BCUT2D eigenvalue weighted by atomic mass is 32.2. The zero-order valence-electron chi connectivity index (χ0n) is 14.6. The summed E-state index contributed by atoms with van der Waals surface area (Å²) in [6.45, 7) is 1.28. The number of imidazole rings is 1. The first kappa shape index (κ1) is 17.7. The van der Waals surface area contributed by atoms with Crippen molar-refractivity contribution in [3.05, 3.63) is 36.2 Å². The molecule has 8 nitrogen and oxygen atoms in total. The highest BCUT2D eigenvalue weighted by Gasteiger charge is 2.28. The summed E-state index contributed by atoms with van der Waals surface area (Å²) in [5.74, 6) is 0.246. The van der Waals surface area contributed by atoms with Gasteiger partial charge in [0.05, 0.1) is 6.33 Å². The Kier molecular flexibility index (Phi) is 4.70. The van der Waals surface area contributed by atoms with Crippen LogP contribution in [0.3, 0.4) is 0 Å². The van der Waals surface area contributed by atoms with E-state index in [9.17, 15) is 13.2 Å². The Morgan fingerprint density at radius 3 is 2.56 bits per heavy atom. The first-order valence-corrected chi connectivity index (χ1v) is 9.61. The number of likely N-dealkylation sites (tertiary alicyclic amines) is 1. The van der Waals surface area contributed by atoms with Gasteiger partial charge in [-0.3, -0.25) is 4.79 Å². The fourth-order valence-corrected chi connectivity index (χ4v) is 4.12. The number of aryl methyl sites for hydroxylation is 1. The van der Waals surface area contributed by atoms with Crippen LogP contribution in [0, 0.1) is 0 Å². The molecular formula is C16H23N5O3S. The van der Waals surface area contributed by atoms with Gasteiger partial charge in [-0.15, -0.1) is 0 Å². The number of H-pyrrole nitrogens is 1. The van der Waals surface area contributed by atoms with Crippen molar-refractivity contribution in [3.8, 4) is 0 Å². The summed E-state index contributed by atoms with van der Waals surface area (Å²) in [6.07, 6.45) is 6.71. The van der Waals surface area contributed by atoms with Crippen molar-refractivity contribution in [2.75, 3.05) is 27.2 Å². The van der Waals surface area contributed by atoms with Crippen LogP contribution in [0.5, 0.6) is 0 Å². The number of carbonyl (C=O) groups excluding carboxylic acids is 1. The first-order chi connectivity index (χ1) is 11.8. The topological polar surface area (TPSA) is 91.3 Å². The third-order valence-corrected chi connectivity index (χ3v) is 6.50. The number of hydrogen-bond acceptors (Lipinski definition) is 4. The van der Waals surface area contributed by atoms with Crippen molar-refractivity contribution in [2.24, 2.45) is 7.05 Å². The van der Waals surface area contributed by atoms with Gasteiger partial charge in [0.25, 0.3) is 5.91 Å². The molecule has 1 N–H and O–H groups in total. The highest BCUT2D eigenvalue weighted by Crippen LogP contribution is 2.27. The Morgan fingerprint density at radius 2 is 2.00 bits per heavy atom. The van der Waals surface area contributed by atoms with Gasteiger partial charge in [0.15, 0.2) is 0 Å². The Labute approximate surface area is 147 Å². The molecule has 2 aromatic rings. The van der Waals surface area contributed by atoms with Crippen molar-refractivity contribution >= 4 is 15.9 Å². The molecule has 0 aromatic carbocycles. The molecule has 3 rings (SSSR count). The van der Waals surface area contributed by atoms with E-state index in [0.717, 1.165) is 22.8 Å². The lowest BCUT2D eigenvalue weighted by Crippen LogP contribution is -2.38. The van der Waals surface area contributed by atoms with Gasteiger partial charge in [0, 0.05) is 58.2 Å². The molecule has 0 aliphatic carbocycles. The van der Waals surface area contributed by atoms with Gasteiger partial charge in [-0.25, -0.2) is 17.7 Å². The van der Waals surface area contributed by atoms with Crippen LogP contribution in [-0.4, -0.2) is 65.3 Å². The summed E-state index contributed by atoms with van der Waals surface area (Å²) >= 11 is 0. The maximum absolute atomic E-state index is 12.8. The Morgan fingerprint density at radius 1 is 1.32 bits per heavy atom. The Bertz CT molecular complexity index is 846. The fourth-order valence-electron chi connectivity index (χ4n) is 3.14. The molecule has 1 saturated heterocycles. The summed E-state index contributed by atoms with van der Waals surface area (Å²) in [5, 5.41) is 0. The van der Waals surface area contributed by atoms with Crippen LogP contribution < -0.4 is 0 Å². The summed E-state index contributed by atoms with van der Waals surface area (Å²) in [5.41, 5.74) is 1.49. The van der Waals surface area contributed by atoms with E-state index >= 15 is 0 Å². The van der Waals surface area contributed by atoms with E-state index in [0.29, 0.717) is 24.7 Å². The zero-order valence-corrected chi connectivity index (χ0v) is 15.5. The molecule has 136 valence electrons. The molecule has 1 aliphatic heterocycles. The lowest BCUT2D eigenvalue weighted by Gasteiger charge is -2.31. The lowest BCUT2D eigenvalue weighted by atomic mass is 9.94. The van der Waals surface area contributed by atoms with Crippen LogP contribution in [0.4, 0.5) is 0 Å². The Balaban J connectivity index is 1.73. The zero-order chi connectivity index (χ0) is 18.2. The second kappa shape index (κ2) is 6.64. The van der Waals surface area contributed by atoms with E-state index in [4.69, 9.17) is 0 Å². The lowest BCUT2D eigenvalue weighted by molar-refractivity contribution is 0.0702. The average molecular weight is 365 g/mol. The van der Waals surface area contributed by atoms with Gasteiger partial charge in [-0.2, -0.15) is 0 Å². The predicted molar refractivity (Wildman–Crippen MR) is 92.8 cm³/mol. The van der Waals surface area contributed by atoms with Gasteiger partial charge in [-0.05, 0) is 18.9 Å². The minimum atomic E-state index is -3.55. The molecule has 2 aromatic heterocycles. The summed E-state index contributed by atoms with van der Waals surface area (Å²) < 4.78 is 27.2. The highest BCUT2D eigenvalue weighted by molar-refractivity contribution is 7.89. The normalized spacial score (nSPS) is 16.6. The number of rotatable bonds is 4. The standard InChI is InChI=1S/C16H23N5O3S/c1-19(2)25(23,24)13-8-15(20(3)10-13)16(22)21-6-4-12(5-7-21)14-9-17-11-18-14/h8-12H,4-7H2,1-3H3,(H,17,18). The van der Waals surface area contributed by atoms with Gasteiger partial charge in [-0.1, -0.05) is 0 Å². The summed E-state index contributed by atoms with van der Waals surface area (Å²) in [7, 11) is 1.10. The molecule has 1 aliphatic rings. The SMILES string of the molecule is CN(C)S(=O)(=O)c1cc(C(=O)N2CCC(c3cnc[nH]3)CC2)n(C)c1. The van der Waals surface area contributed by atoms with E-state index in [1.54, 1.807) is 22.8 Å². The monoisotopic (exact) mass is 365 g/mol. The smallest absolute Gasteiger partial charge is 0.270 e. The van der Waals surface area contributed by atoms with Crippen molar-refractivity contribution in [3.63, 3.8) is 0 Å². The van der Waals surface area contributed by atoms with Gasteiger partial charge in [0.1, 0.15) is 10.6 Å². The largest absolute Gasteiger partial charge is 0.348 e. The molecule has 25 heavy (non-hydrogen) atoms. The number of piperidine rings is 1. The molecule has 1 fully saturated rings. The minimum absolute atomic E-state index is 0.134. The van der Waals surface area contributed by atoms with Crippen LogP contribution >= 0.6 is 0 Å². The number of hydrogen-bond donors (Lipinski definition) is 1. The average Bonchev–Trinajstić information content (AvgIpc) is 3.24. The summed E-state index contributed by atoms with van der Waals surface area (Å²) in [4.78, 5) is 21.9. The van der Waals surface area contributed by atoms with Crippen LogP contribution in [0.15, 0.2) is 29.7 Å². The molecule has 1 amide bonds.